The van der Waals surface area contributed by atoms with E-state index in [4.69, 9.17) is 16.3 Å². The molecule has 140 valence electrons. The number of carbonyl (C=O) groups is 3. The molecule has 0 fully saturated rings. The number of halogens is 2. The van der Waals surface area contributed by atoms with Crippen molar-refractivity contribution in [1.29, 1.82) is 0 Å². The summed E-state index contributed by atoms with van der Waals surface area (Å²) >= 11 is 8.35. The number of benzene rings is 1. The number of aromatic amines is 1. The molecular formula is C18H14ClIN2O5. The lowest BCUT2D eigenvalue weighted by Gasteiger charge is -2.04. The van der Waals surface area contributed by atoms with Crippen LogP contribution in [-0.2, 0) is 25.5 Å². The van der Waals surface area contributed by atoms with Gasteiger partial charge in [-0.3, -0.25) is 9.59 Å². The number of H-pyrrole nitrogens is 1. The molecule has 0 aliphatic carbocycles. The number of hydrogen-bond donors (Lipinski definition) is 2. The monoisotopic (exact) mass is 500 g/mol. The van der Waals surface area contributed by atoms with Gasteiger partial charge in [0.05, 0.1) is 37.5 Å². The van der Waals surface area contributed by atoms with Crippen LogP contribution in [-0.4, -0.2) is 37.0 Å². The molecule has 2 N–H and O–H groups in total. The summed E-state index contributed by atoms with van der Waals surface area (Å²) < 4.78 is 10.4. The second-order valence-corrected chi connectivity index (χ2v) is 7.28. The Hall–Kier alpha value is -2.33. The highest BCUT2D eigenvalue weighted by atomic mass is 127. The number of carbonyl (C=O) groups excluding carboxylic acids is 3. The van der Waals surface area contributed by atoms with Crippen molar-refractivity contribution in [1.82, 2.24) is 4.98 Å². The highest BCUT2D eigenvalue weighted by molar-refractivity contribution is 14.1. The normalized spacial score (nSPS) is 14.1. The molecule has 1 aliphatic heterocycles. The molecule has 7 nitrogen and oxygen atoms in total. The smallest absolute Gasteiger partial charge is 0.340 e. The van der Waals surface area contributed by atoms with E-state index in [2.05, 4.69) is 37.6 Å². The summed E-state index contributed by atoms with van der Waals surface area (Å²) in [5.41, 5.74) is 2.39. The van der Waals surface area contributed by atoms with E-state index in [0.717, 1.165) is 3.57 Å². The summed E-state index contributed by atoms with van der Waals surface area (Å²) in [4.78, 5) is 39.2. The highest BCUT2D eigenvalue weighted by Crippen LogP contribution is 2.35. The summed E-state index contributed by atoms with van der Waals surface area (Å²) in [6.07, 6.45) is 1.32. The van der Waals surface area contributed by atoms with E-state index < -0.39 is 11.9 Å². The average molecular weight is 501 g/mol. The zero-order valence-electron chi connectivity index (χ0n) is 14.3. The Morgan fingerprint density at radius 3 is 2.67 bits per heavy atom. The average Bonchev–Trinajstić information content (AvgIpc) is 3.11. The van der Waals surface area contributed by atoms with Gasteiger partial charge in [-0.2, -0.15) is 0 Å². The van der Waals surface area contributed by atoms with Gasteiger partial charge in [0.1, 0.15) is 5.15 Å². The van der Waals surface area contributed by atoms with Crippen molar-refractivity contribution in [3.8, 4) is 0 Å². The molecule has 1 amide bonds. The fourth-order valence-corrected chi connectivity index (χ4v) is 3.56. The third-order valence-electron chi connectivity index (χ3n) is 4.07. The minimum absolute atomic E-state index is 0.0901. The summed E-state index contributed by atoms with van der Waals surface area (Å²) in [5, 5.41) is 2.88. The quantitative estimate of drug-likeness (QED) is 0.382. The molecule has 1 aromatic carbocycles. The van der Waals surface area contributed by atoms with E-state index in [1.165, 1.54) is 20.3 Å². The Balaban J connectivity index is 2.15. The summed E-state index contributed by atoms with van der Waals surface area (Å²) in [7, 11) is 2.47. The molecule has 0 radical (unpaired) electrons. The molecule has 2 aromatic rings. The molecule has 3 rings (SSSR count). The van der Waals surface area contributed by atoms with Crippen LogP contribution in [0.25, 0.3) is 11.6 Å². The first kappa shape index (κ1) is 19.4. The van der Waals surface area contributed by atoms with Crippen molar-refractivity contribution in [3.05, 3.63) is 49.3 Å². The second-order valence-electron chi connectivity index (χ2n) is 5.65. The van der Waals surface area contributed by atoms with E-state index >= 15 is 0 Å². The molecule has 9 heteroatoms. The largest absolute Gasteiger partial charge is 0.469 e. The van der Waals surface area contributed by atoms with E-state index in [1.54, 1.807) is 6.07 Å². The van der Waals surface area contributed by atoms with Crippen molar-refractivity contribution >= 4 is 69.4 Å². The van der Waals surface area contributed by atoms with E-state index in [1.807, 2.05) is 12.1 Å². The van der Waals surface area contributed by atoms with Crippen molar-refractivity contribution < 1.29 is 23.9 Å². The van der Waals surface area contributed by atoms with Gasteiger partial charge in [0.25, 0.3) is 5.91 Å². The Morgan fingerprint density at radius 2 is 2.00 bits per heavy atom. The Kier molecular flexibility index (Phi) is 5.56. The van der Waals surface area contributed by atoms with Crippen LogP contribution in [0.2, 0.25) is 5.15 Å². The van der Waals surface area contributed by atoms with Gasteiger partial charge in [-0.05, 0) is 46.9 Å². The molecule has 0 saturated carbocycles. The number of aromatic nitrogens is 1. The van der Waals surface area contributed by atoms with Crippen LogP contribution < -0.4 is 5.32 Å². The standard InChI is InChI=1S/C18H14ClIN2O5/c1-26-14(23)7-11-15(18(25)27-2)13(21-16(11)19)6-10-9-5-8(20)3-4-12(9)22-17(10)24/h3-6,21H,7H2,1-2H3,(H,22,24). The van der Waals surface area contributed by atoms with Gasteiger partial charge in [-0.25, -0.2) is 4.79 Å². The van der Waals surface area contributed by atoms with Gasteiger partial charge in [0.15, 0.2) is 0 Å². The number of ether oxygens (including phenoxy) is 2. The van der Waals surface area contributed by atoms with Gasteiger partial charge in [-0.15, -0.1) is 0 Å². The maximum absolute atomic E-state index is 12.4. The lowest BCUT2D eigenvalue weighted by molar-refractivity contribution is -0.139. The second kappa shape index (κ2) is 7.73. The molecule has 0 bridgehead atoms. The van der Waals surface area contributed by atoms with Crippen molar-refractivity contribution in [2.75, 3.05) is 19.5 Å². The van der Waals surface area contributed by atoms with Crippen LogP contribution in [0.4, 0.5) is 5.69 Å². The SMILES string of the molecule is COC(=O)Cc1c(Cl)[nH]c(C=C2C(=O)Nc3ccc(I)cc32)c1C(=O)OC. The Labute approximate surface area is 173 Å². The molecular weight excluding hydrogens is 487 g/mol. The number of methoxy groups -OCH3 is 2. The number of rotatable bonds is 4. The van der Waals surface area contributed by atoms with Crippen LogP contribution in [0.3, 0.4) is 0 Å². The van der Waals surface area contributed by atoms with Crippen molar-refractivity contribution in [2.45, 2.75) is 6.42 Å². The first-order chi connectivity index (χ1) is 12.8. The fourth-order valence-electron chi connectivity index (χ4n) is 2.80. The lowest BCUT2D eigenvalue weighted by atomic mass is 10.0. The first-order valence-electron chi connectivity index (χ1n) is 7.74. The third kappa shape index (κ3) is 3.72. The zero-order chi connectivity index (χ0) is 19.7. The van der Waals surface area contributed by atoms with Crippen LogP contribution in [0.5, 0.6) is 0 Å². The zero-order valence-corrected chi connectivity index (χ0v) is 17.2. The lowest BCUT2D eigenvalue weighted by Crippen LogP contribution is -2.11. The maximum Gasteiger partial charge on any atom is 0.340 e. The minimum Gasteiger partial charge on any atom is -0.469 e. The van der Waals surface area contributed by atoms with Gasteiger partial charge in [-0.1, -0.05) is 11.6 Å². The molecule has 0 spiro atoms. The number of anilines is 1. The summed E-state index contributed by atoms with van der Waals surface area (Å²) in [6, 6.07) is 5.54. The number of esters is 2. The van der Waals surface area contributed by atoms with E-state index in [0.29, 0.717) is 16.8 Å². The number of amides is 1. The maximum atomic E-state index is 12.4. The van der Waals surface area contributed by atoms with Crippen molar-refractivity contribution in [3.63, 3.8) is 0 Å². The summed E-state index contributed by atoms with van der Waals surface area (Å²) in [6.45, 7) is 0. The molecule has 1 aliphatic rings. The molecule has 2 heterocycles. The van der Waals surface area contributed by atoms with Gasteiger partial charge in [0, 0.05) is 20.4 Å². The van der Waals surface area contributed by atoms with Gasteiger partial charge >= 0.3 is 11.9 Å². The van der Waals surface area contributed by atoms with Crippen LogP contribution >= 0.6 is 34.2 Å². The Bertz CT molecular complexity index is 996. The number of nitrogens with one attached hydrogen (secondary N) is 2. The van der Waals surface area contributed by atoms with E-state index in [-0.39, 0.29) is 34.3 Å². The van der Waals surface area contributed by atoms with Gasteiger partial charge < -0.3 is 19.8 Å². The molecule has 1 aromatic heterocycles. The highest BCUT2D eigenvalue weighted by Gasteiger charge is 2.28. The van der Waals surface area contributed by atoms with Crippen LogP contribution in [0.1, 0.15) is 27.2 Å². The molecule has 0 unspecified atom stereocenters. The van der Waals surface area contributed by atoms with E-state index in [9.17, 15) is 14.4 Å². The third-order valence-corrected chi connectivity index (χ3v) is 5.07. The minimum atomic E-state index is -0.676. The molecule has 27 heavy (non-hydrogen) atoms. The van der Waals surface area contributed by atoms with Crippen molar-refractivity contribution in [2.24, 2.45) is 0 Å². The van der Waals surface area contributed by atoms with Crippen LogP contribution in [0, 0.1) is 3.57 Å². The molecule has 0 atom stereocenters. The number of hydrogen-bond acceptors (Lipinski definition) is 5. The predicted octanol–water partition coefficient (Wildman–Crippen LogP) is 3.27. The Morgan fingerprint density at radius 1 is 1.26 bits per heavy atom. The molecule has 0 saturated heterocycles. The predicted molar refractivity (Wildman–Crippen MR) is 109 cm³/mol. The number of fused-ring (bicyclic) bond motifs is 1. The fraction of sp³-hybridized carbons (Fsp3) is 0.167. The summed E-state index contributed by atoms with van der Waals surface area (Å²) in [5.74, 6) is -1.54. The van der Waals surface area contributed by atoms with Crippen LogP contribution in [0.15, 0.2) is 18.2 Å². The first-order valence-corrected chi connectivity index (χ1v) is 9.19. The topological polar surface area (TPSA) is 97.5 Å². The van der Waals surface area contributed by atoms with Gasteiger partial charge in [0.2, 0.25) is 0 Å².